The number of nitrogens with zero attached hydrogens (tertiary/aromatic N) is 1. The fourth-order valence-electron chi connectivity index (χ4n) is 2.18. The molecule has 5 nitrogen and oxygen atoms in total. The maximum absolute atomic E-state index is 12.1. The second-order valence-corrected chi connectivity index (χ2v) is 5.08. The van der Waals surface area contributed by atoms with Crippen molar-refractivity contribution in [3.05, 3.63) is 0 Å². The van der Waals surface area contributed by atoms with Crippen LogP contribution in [0.3, 0.4) is 0 Å². The summed E-state index contributed by atoms with van der Waals surface area (Å²) in [4.78, 5) is 24.6. The van der Waals surface area contributed by atoms with Crippen LogP contribution in [0.4, 0.5) is 0 Å². The van der Waals surface area contributed by atoms with Gasteiger partial charge in [0.25, 0.3) is 0 Å². The highest BCUT2D eigenvalue weighted by Gasteiger charge is 2.38. The van der Waals surface area contributed by atoms with E-state index in [1.54, 1.807) is 4.90 Å². The molecule has 3 N–H and O–H groups in total. The topological polar surface area (TPSA) is 83.6 Å². The van der Waals surface area contributed by atoms with E-state index in [1.165, 1.54) is 0 Å². The minimum Gasteiger partial charge on any atom is -0.481 e. The van der Waals surface area contributed by atoms with Crippen molar-refractivity contribution >= 4 is 11.9 Å². The molecule has 0 aliphatic carbocycles. The van der Waals surface area contributed by atoms with Gasteiger partial charge in [-0.15, -0.1) is 0 Å². The van der Waals surface area contributed by atoms with Crippen molar-refractivity contribution in [1.29, 1.82) is 0 Å². The van der Waals surface area contributed by atoms with E-state index in [0.29, 0.717) is 13.1 Å². The zero-order valence-corrected chi connectivity index (χ0v) is 10.7. The van der Waals surface area contributed by atoms with Gasteiger partial charge in [0.2, 0.25) is 5.91 Å². The predicted molar refractivity (Wildman–Crippen MR) is 64.3 cm³/mol. The predicted octanol–water partition coefficient (Wildman–Crippen LogP) is 0.539. The lowest BCUT2D eigenvalue weighted by Crippen LogP contribution is -2.46. The second kappa shape index (κ2) is 5.49. The van der Waals surface area contributed by atoms with Gasteiger partial charge in [0.05, 0.1) is 12.0 Å². The van der Waals surface area contributed by atoms with Crippen LogP contribution in [0.2, 0.25) is 0 Å². The average molecular weight is 242 g/mol. The van der Waals surface area contributed by atoms with Gasteiger partial charge in [-0.05, 0) is 11.8 Å². The quantitative estimate of drug-likeness (QED) is 0.753. The number of carboxylic acid groups (broad SMARTS) is 1. The van der Waals surface area contributed by atoms with Crippen molar-refractivity contribution in [2.45, 2.75) is 33.2 Å². The Bertz CT molecular complexity index is 306. The van der Waals surface area contributed by atoms with E-state index >= 15 is 0 Å². The summed E-state index contributed by atoms with van der Waals surface area (Å²) in [6.45, 7) is 6.58. The lowest BCUT2D eigenvalue weighted by Gasteiger charge is -2.24. The fourth-order valence-corrected chi connectivity index (χ4v) is 2.18. The third-order valence-electron chi connectivity index (χ3n) is 3.78. The van der Waals surface area contributed by atoms with Crippen molar-refractivity contribution in [3.8, 4) is 0 Å². The van der Waals surface area contributed by atoms with Crippen LogP contribution in [0.5, 0.6) is 0 Å². The number of carbonyl (C=O) groups is 2. The number of amides is 1. The molecule has 1 rings (SSSR count). The molecule has 5 heteroatoms. The molecule has 0 radical (unpaired) electrons. The molecular formula is C12H22N2O3. The van der Waals surface area contributed by atoms with Gasteiger partial charge < -0.3 is 15.7 Å². The van der Waals surface area contributed by atoms with Gasteiger partial charge in [0, 0.05) is 13.1 Å². The van der Waals surface area contributed by atoms with Crippen LogP contribution < -0.4 is 5.73 Å². The number of hydrogen-bond acceptors (Lipinski definition) is 3. The van der Waals surface area contributed by atoms with E-state index in [9.17, 15) is 9.59 Å². The first-order valence-corrected chi connectivity index (χ1v) is 6.15. The number of rotatable bonds is 4. The smallest absolute Gasteiger partial charge is 0.308 e. The Balaban J connectivity index is 2.64. The van der Waals surface area contributed by atoms with Crippen molar-refractivity contribution in [2.24, 2.45) is 23.5 Å². The van der Waals surface area contributed by atoms with Crippen molar-refractivity contribution < 1.29 is 14.7 Å². The van der Waals surface area contributed by atoms with Crippen LogP contribution in [-0.2, 0) is 9.59 Å². The second-order valence-electron chi connectivity index (χ2n) is 5.08. The van der Waals surface area contributed by atoms with Crippen LogP contribution in [0.25, 0.3) is 0 Å². The lowest BCUT2D eigenvalue weighted by molar-refractivity contribution is -0.142. The molecule has 0 aromatic rings. The molecule has 0 aromatic carbocycles. The molecule has 1 saturated heterocycles. The summed E-state index contributed by atoms with van der Waals surface area (Å²) in [5.74, 6) is -1.27. The number of hydrogen-bond donors (Lipinski definition) is 2. The summed E-state index contributed by atoms with van der Waals surface area (Å²) >= 11 is 0. The van der Waals surface area contributed by atoms with Gasteiger partial charge in [-0.1, -0.05) is 27.2 Å². The molecule has 1 amide bonds. The average Bonchev–Trinajstić information content (AvgIpc) is 2.68. The van der Waals surface area contributed by atoms with Crippen LogP contribution in [0.15, 0.2) is 0 Å². The fraction of sp³-hybridized carbons (Fsp3) is 0.833. The van der Waals surface area contributed by atoms with Crippen LogP contribution in [0, 0.1) is 17.8 Å². The first-order chi connectivity index (χ1) is 7.88. The van der Waals surface area contributed by atoms with Gasteiger partial charge >= 0.3 is 5.97 Å². The number of carbonyl (C=O) groups excluding carboxylic acids is 1. The Morgan fingerprint density at radius 3 is 2.47 bits per heavy atom. The molecule has 1 aliphatic rings. The molecule has 98 valence electrons. The zero-order valence-electron chi connectivity index (χ0n) is 10.7. The van der Waals surface area contributed by atoms with E-state index in [2.05, 4.69) is 0 Å². The monoisotopic (exact) mass is 242 g/mol. The SMILES string of the molecule is CCC(C)C(N)C(=O)N1CC(C)C(C(=O)O)C1. The first kappa shape index (κ1) is 14.0. The first-order valence-electron chi connectivity index (χ1n) is 6.15. The Morgan fingerprint density at radius 1 is 1.47 bits per heavy atom. The van der Waals surface area contributed by atoms with E-state index in [1.807, 2.05) is 20.8 Å². The number of aliphatic carboxylic acids is 1. The summed E-state index contributed by atoms with van der Waals surface area (Å²) < 4.78 is 0. The summed E-state index contributed by atoms with van der Waals surface area (Å²) in [5.41, 5.74) is 5.88. The normalized spacial score (nSPS) is 27.9. The minimum atomic E-state index is -0.829. The molecular weight excluding hydrogens is 220 g/mol. The molecule has 0 bridgehead atoms. The van der Waals surface area contributed by atoms with Gasteiger partial charge in [0.15, 0.2) is 0 Å². The van der Waals surface area contributed by atoms with E-state index < -0.39 is 17.9 Å². The highest BCUT2D eigenvalue weighted by molar-refractivity contribution is 5.83. The molecule has 4 atom stereocenters. The highest BCUT2D eigenvalue weighted by Crippen LogP contribution is 2.24. The molecule has 1 fully saturated rings. The molecule has 1 heterocycles. The zero-order chi connectivity index (χ0) is 13.2. The largest absolute Gasteiger partial charge is 0.481 e. The number of likely N-dealkylation sites (tertiary alicyclic amines) is 1. The third-order valence-corrected chi connectivity index (χ3v) is 3.78. The summed E-state index contributed by atoms with van der Waals surface area (Å²) in [5, 5.41) is 9.01. The van der Waals surface area contributed by atoms with Gasteiger partial charge in [-0.2, -0.15) is 0 Å². The Labute approximate surface area is 102 Å². The standard InChI is InChI=1S/C12H22N2O3/c1-4-7(2)10(13)11(15)14-5-8(3)9(6-14)12(16)17/h7-10H,4-6,13H2,1-3H3,(H,16,17). The van der Waals surface area contributed by atoms with E-state index in [-0.39, 0.29) is 17.7 Å². The van der Waals surface area contributed by atoms with Crippen molar-refractivity contribution in [1.82, 2.24) is 4.90 Å². The van der Waals surface area contributed by atoms with E-state index in [0.717, 1.165) is 6.42 Å². The van der Waals surface area contributed by atoms with Gasteiger partial charge in [0.1, 0.15) is 0 Å². The van der Waals surface area contributed by atoms with Gasteiger partial charge in [-0.3, -0.25) is 9.59 Å². The number of carboxylic acids is 1. The number of nitrogens with two attached hydrogens (primary N) is 1. The maximum Gasteiger partial charge on any atom is 0.308 e. The third kappa shape index (κ3) is 2.97. The van der Waals surface area contributed by atoms with Crippen LogP contribution >= 0.6 is 0 Å². The molecule has 4 unspecified atom stereocenters. The van der Waals surface area contributed by atoms with E-state index in [4.69, 9.17) is 10.8 Å². The van der Waals surface area contributed by atoms with Gasteiger partial charge in [-0.25, -0.2) is 0 Å². The van der Waals surface area contributed by atoms with Crippen molar-refractivity contribution in [3.63, 3.8) is 0 Å². The molecule has 0 spiro atoms. The summed E-state index contributed by atoms with van der Waals surface area (Å²) in [6.07, 6.45) is 0.846. The summed E-state index contributed by atoms with van der Waals surface area (Å²) in [7, 11) is 0. The van der Waals surface area contributed by atoms with Crippen LogP contribution in [-0.4, -0.2) is 41.0 Å². The van der Waals surface area contributed by atoms with Crippen molar-refractivity contribution in [2.75, 3.05) is 13.1 Å². The molecule has 17 heavy (non-hydrogen) atoms. The highest BCUT2D eigenvalue weighted by atomic mass is 16.4. The van der Waals surface area contributed by atoms with Crippen LogP contribution in [0.1, 0.15) is 27.2 Å². The summed E-state index contributed by atoms with van der Waals surface area (Å²) in [6, 6.07) is -0.514. The minimum absolute atomic E-state index is 0.000539. The Hall–Kier alpha value is -1.10. The Kier molecular flexibility index (Phi) is 4.51. The molecule has 1 aliphatic heterocycles. The Morgan fingerprint density at radius 2 is 2.06 bits per heavy atom. The molecule has 0 aromatic heterocycles. The molecule has 0 saturated carbocycles. The lowest BCUT2D eigenvalue weighted by atomic mass is 9.99. The maximum atomic E-state index is 12.1.